The van der Waals surface area contributed by atoms with E-state index >= 15 is 0 Å². The van der Waals surface area contributed by atoms with Crippen molar-refractivity contribution in [2.75, 3.05) is 0 Å². The van der Waals surface area contributed by atoms with Crippen LogP contribution >= 0.6 is 0 Å². The topological polar surface area (TPSA) is 97.7 Å². The van der Waals surface area contributed by atoms with Gasteiger partial charge in [0.1, 0.15) is 17.2 Å². The lowest BCUT2D eigenvalue weighted by Crippen LogP contribution is -2.35. The summed E-state index contributed by atoms with van der Waals surface area (Å²) in [6.07, 6.45) is 6.06. The van der Waals surface area contributed by atoms with Gasteiger partial charge in [0, 0.05) is 24.7 Å². The van der Waals surface area contributed by atoms with Crippen molar-refractivity contribution in [3.05, 3.63) is 36.4 Å². The average molecular weight is 408 g/mol. The van der Waals surface area contributed by atoms with Gasteiger partial charge in [-0.2, -0.15) is 5.10 Å². The Morgan fingerprint density at radius 1 is 1.43 bits per heavy atom. The van der Waals surface area contributed by atoms with E-state index in [2.05, 4.69) is 25.4 Å². The largest absolute Gasteiger partial charge is 0.412 e. The SMILES string of the molecule is CC(CC1CC1)NC(=O)Oc1c[nH]c2ncc(-c3nn(C)c4cc(F)ccc34)nc12. The van der Waals surface area contributed by atoms with Gasteiger partial charge in [0.25, 0.3) is 0 Å². The maximum Gasteiger partial charge on any atom is 0.412 e. The quantitative estimate of drug-likeness (QED) is 0.521. The molecule has 0 aliphatic heterocycles. The third-order valence-corrected chi connectivity index (χ3v) is 5.35. The molecule has 1 aromatic carbocycles. The first-order valence-corrected chi connectivity index (χ1v) is 9.93. The summed E-state index contributed by atoms with van der Waals surface area (Å²) in [4.78, 5) is 24.2. The van der Waals surface area contributed by atoms with E-state index in [-0.39, 0.29) is 11.9 Å². The summed E-state index contributed by atoms with van der Waals surface area (Å²) >= 11 is 0. The van der Waals surface area contributed by atoms with Gasteiger partial charge in [0.2, 0.25) is 0 Å². The first kappa shape index (κ1) is 18.5. The van der Waals surface area contributed by atoms with Crippen LogP contribution in [0.2, 0.25) is 0 Å². The Morgan fingerprint density at radius 3 is 3.07 bits per heavy atom. The number of fused-ring (bicyclic) bond motifs is 2. The molecule has 3 heterocycles. The second-order valence-corrected chi connectivity index (χ2v) is 7.85. The van der Waals surface area contributed by atoms with Crippen molar-refractivity contribution in [1.29, 1.82) is 0 Å². The Labute approximate surface area is 171 Å². The molecule has 3 aromatic heterocycles. The molecule has 0 radical (unpaired) electrons. The van der Waals surface area contributed by atoms with Crippen LogP contribution in [-0.2, 0) is 7.05 Å². The zero-order chi connectivity index (χ0) is 20.8. The Morgan fingerprint density at radius 2 is 2.27 bits per heavy atom. The fourth-order valence-electron chi connectivity index (χ4n) is 3.72. The molecule has 154 valence electrons. The highest BCUT2D eigenvalue weighted by Gasteiger charge is 2.25. The van der Waals surface area contributed by atoms with Crippen LogP contribution < -0.4 is 10.1 Å². The van der Waals surface area contributed by atoms with Crippen molar-refractivity contribution in [2.24, 2.45) is 13.0 Å². The van der Waals surface area contributed by atoms with Crippen molar-refractivity contribution in [1.82, 2.24) is 30.0 Å². The summed E-state index contributed by atoms with van der Waals surface area (Å²) in [6, 6.07) is 4.53. The number of amides is 1. The number of carbonyl (C=O) groups is 1. The molecule has 9 heteroatoms. The second-order valence-electron chi connectivity index (χ2n) is 7.85. The Hall–Kier alpha value is -3.49. The van der Waals surface area contributed by atoms with Gasteiger partial charge in [-0.05, 0) is 37.5 Å². The van der Waals surface area contributed by atoms with Crippen LogP contribution in [0.25, 0.3) is 33.5 Å². The first-order valence-electron chi connectivity index (χ1n) is 9.93. The van der Waals surface area contributed by atoms with Crippen LogP contribution in [0.1, 0.15) is 26.2 Å². The fraction of sp³-hybridized carbons (Fsp3) is 0.333. The average Bonchev–Trinajstić information content (AvgIpc) is 3.35. The van der Waals surface area contributed by atoms with Gasteiger partial charge in [0.05, 0.1) is 11.7 Å². The van der Waals surface area contributed by atoms with Gasteiger partial charge in [-0.3, -0.25) is 4.68 Å². The minimum absolute atomic E-state index is 0.0529. The molecule has 0 spiro atoms. The molecule has 2 N–H and O–H groups in total. The smallest absolute Gasteiger partial charge is 0.406 e. The number of ether oxygens (including phenoxy) is 1. The van der Waals surface area contributed by atoms with Gasteiger partial charge in [-0.1, -0.05) is 12.8 Å². The van der Waals surface area contributed by atoms with Crippen molar-refractivity contribution in [3.63, 3.8) is 0 Å². The van der Waals surface area contributed by atoms with Crippen molar-refractivity contribution < 1.29 is 13.9 Å². The molecule has 1 aliphatic carbocycles. The van der Waals surface area contributed by atoms with Crippen LogP contribution in [0.4, 0.5) is 9.18 Å². The van der Waals surface area contributed by atoms with Crippen molar-refractivity contribution in [3.8, 4) is 17.1 Å². The zero-order valence-corrected chi connectivity index (χ0v) is 16.6. The maximum absolute atomic E-state index is 13.6. The summed E-state index contributed by atoms with van der Waals surface area (Å²) in [5, 5.41) is 8.09. The third kappa shape index (κ3) is 3.47. The molecule has 8 nitrogen and oxygen atoms in total. The number of nitrogens with one attached hydrogen (secondary N) is 2. The third-order valence-electron chi connectivity index (χ3n) is 5.35. The van der Waals surface area contributed by atoms with Crippen LogP contribution in [0, 0.1) is 11.7 Å². The van der Waals surface area contributed by atoms with Gasteiger partial charge in [-0.15, -0.1) is 0 Å². The molecule has 1 amide bonds. The number of aromatic amines is 1. The monoisotopic (exact) mass is 408 g/mol. The lowest BCUT2D eigenvalue weighted by molar-refractivity contribution is 0.196. The predicted molar refractivity (Wildman–Crippen MR) is 110 cm³/mol. The number of nitrogens with zero attached hydrogens (tertiary/aromatic N) is 4. The highest BCUT2D eigenvalue weighted by atomic mass is 19.1. The molecular formula is C21H21FN6O2. The number of halogens is 1. The zero-order valence-electron chi connectivity index (χ0n) is 16.6. The second kappa shape index (κ2) is 7.08. The van der Waals surface area contributed by atoms with Crippen LogP contribution in [0.5, 0.6) is 5.75 Å². The van der Waals surface area contributed by atoms with Crippen LogP contribution in [-0.4, -0.2) is 36.9 Å². The van der Waals surface area contributed by atoms with Gasteiger partial charge in [0.15, 0.2) is 16.9 Å². The van der Waals surface area contributed by atoms with Crippen molar-refractivity contribution in [2.45, 2.75) is 32.2 Å². The normalized spacial score (nSPS) is 14.9. The Bertz CT molecular complexity index is 1260. The number of aromatic nitrogens is 5. The Balaban J connectivity index is 1.44. The lowest BCUT2D eigenvalue weighted by Gasteiger charge is -2.12. The lowest BCUT2D eigenvalue weighted by atomic mass is 10.1. The van der Waals surface area contributed by atoms with E-state index < -0.39 is 6.09 Å². The predicted octanol–water partition coefficient (Wildman–Crippen LogP) is 3.93. The van der Waals surface area contributed by atoms with E-state index in [0.29, 0.717) is 39.7 Å². The Kier molecular flexibility index (Phi) is 4.38. The molecule has 1 unspecified atom stereocenters. The number of hydrogen-bond acceptors (Lipinski definition) is 5. The summed E-state index contributed by atoms with van der Waals surface area (Å²) in [5.74, 6) is 0.673. The number of aryl methyl sites for hydroxylation is 1. The molecule has 1 saturated carbocycles. The highest BCUT2D eigenvalue weighted by molar-refractivity contribution is 5.93. The molecular weight excluding hydrogens is 387 g/mol. The molecule has 30 heavy (non-hydrogen) atoms. The van der Waals surface area contributed by atoms with Crippen LogP contribution in [0.3, 0.4) is 0 Å². The van der Waals surface area contributed by atoms with Gasteiger partial charge >= 0.3 is 6.09 Å². The minimum atomic E-state index is -0.519. The van der Waals surface area contributed by atoms with Crippen molar-refractivity contribution >= 4 is 28.2 Å². The highest BCUT2D eigenvalue weighted by Crippen LogP contribution is 2.33. The van der Waals surface area contributed by atoms with Gasteiger partial charge in [-0.25, -0.2) is 19.2 Å². The number of H-pyrrole nitrogens is 1. The number of carbonyl (C=O) groups excluding carboxylic acids is 1. The molecule has 0 bridgehead atoms. The number of benzene rings is 1. The summed E-state index contributed by atoms with van der Waals surface area (Å²) in [6.45, 7) is 1.97. The molecule has 4 aromatic rings. The molecule has 1 atom stereocenters. The van der Waals surface area contributed by atoms with E-state index in [1.807, 2.05) is 6.92 Å². The summed E-state index contributed by atoms with van der Waals surface area (Å²) < 4.78 is 20.7. The summed E-state index contributed by atoms with van der Waals surface area (Å²) in [7, 11) is 1.75. The van der Waals surface area contributed by atoms with E-state index in [9.17, 15) is 9.18 Å². The molecule has 1 aliphatic rings. The molecule has 1 fully saturated rings. The maximum atomic E-state index is 13.6. The summed E-state index contributed by atoms with van der Waals surface area (Å²) in [5.41, 5.74) is 2.67. The van der Waals surface area contributed by atoms with Gasteiger partial charge < -0.3 is 15.0 Å². The van der Waals surface area contributed by atoms with E-state index in [0.717, 1.165) is 11.8 Å². The van der Waals surface area contributed by atoms with E-state index in [1.165, 1.54) is 25.0 Å². The fourth-order valence-corrected chi connectivity index (χ4v) is 3.72. The number of hydrogen-bond donors (Lipinski definition) is 2. The van der Waals surface area contributed by atoms with E-state index in [4.69, 9.17) is 4.74 Å². The van der Waals surface area contributed by atoms with E-state index in [1.54, 1.807) is 30.2 Å². The minimum Gasteiger partial charge on any atom is -0.406 e. The number of rotatable bonds is 5. The molecule has 0 saturated heterocycles. The van der Waals surface area contributed by atoms with Crippen LogP contribution in [0.15, 0.2) is 30.6 Å². The molecule has 5 rings (SSSR count). The standard InChI is InChI=1S/C21H21FN6O2/c1-11(7-12-3-4-12)25-21(29)30-17-10-24-20-19(17)26-15(9-23-20)18-14-6-5-13(22)8-16(14)28(2)27-18/h5-6,8-12H,3-4,7H2,1-2H3,(H,23,24)(H,25,29). The first-order chi connectivity index (χ1) is 14.5.